The average molecular weight is 202 g/mol. The summed E-state index contributed by atoms with van der Waals surface area (Å²) in [5, 5.41) is 3.18. The molecule has 0 saturated carbocycles. The molecule has 1 N–H and O–H groups in total. The second-order valence-corrected chi connectivity index (χ2v) is 4.00. The number of methoxy groups -OCH3 is 1. The molecule has 0 aliphatic carbocycles. The van der Waals surface area contributed by atoms with Crippen LogP contribution >= 0.6 is 0 Å². The topological polar surface area (TPSA) is 41.6 Å². The SMILES string of the molecule is COC(=O)C(NCCN(C)C)C(C)C. The number of nitrogens with zero attached hydrogens (tertiary/aromatic N) is 1. The van der Waals surface area contributed by atoms with E-state index in [0.29, 0.717) is 0 Å². The molecule has 0 amide bonds. The minimum absolute atomic E-state index is 0.182. The number of ether oxygens (including phenoxy) is 1. The van der Waals surface area contributed by atoms with Crippen LogP contribution in [0.5, 0.6) is 0 Å². The Morgan fingerprint density at radius 1 is 1.43 bits per heavy atom. The summed E-state index contributed by atoms with van der Waals surface area (Å²) in [6.07, 6.45) is 0. The van der Waals surface area contributed by atoms with Crippen molar-refractivity contribution in [2.75, 3.05) is 34.3 Å². The summed E-state index contributed by atoms with van der Waals surface area (Å²) in [6.45, 7) is 5.72. The molecule has 0 aliphatic heterocycles. The van der Waals surface area contributed by atoms with Gasteiger partial charge in [0.1, 0.15) is 6.04 Å². The van der Waals surface area contributed by atoms with Crippen molar-refractivity contribution in [3.63, 3.8) is 0 Å². The molecule has 84 valence electrons. The molecule has 4 heteroatoms. The zero-order valence-corrected chi connectivity index (χ0v) is 9.83. The van der Waals surface area contributed by atoms with Gasteiger partial charge in [0.05, 0.1) is 7.11 Å². The van der Waals surface area contributed by atoms with E-state index in [2.05, 4.69) is 10.2 Å². The van der Waals surface area contributed by atoms with Crippen molar-refractivity contribution >= 4 is 5.97 Å². The van der Waals surface area contributed by atoms with E-state index in [9.17, 15) is 4.79 Å². The summed E-state index contributed by atoms with van der Waals surface area (Å²) >= 11 is 0. The van der Waals surface area contributed by atoms with Crippen LogP contribution in [0.2, 0.25) is 0 Å². The van der Waals surface area contributed by atoms with Gasteiger partial charge in [0.25, 0.3) is 0 Å². The first-order valence-corrected chi connectivity index (χ1v) is 4.95. The van der Waals surface area contributed by atoms with E-state index in [-0.39, 0.29) is 17.9 Å². The number of likely N-dealkylation sites (N-methyl/N-ethyl adjacent to an activating group) is 1. The predicted octanol–water partition coefficient (Wildman–Crippen LogP) is 0.335. The molecule has 0 heterocycles. The molecule has 14 heavy (non-hydrogen) atoms. The molecule has 0 spiro atoms. The molecular formula is C10H22N2O2. The zero-order chi connectivity index (χ0) is 11.1. The van der Waals surface area contributed by atoms with E-state index in [1.807, 2.05) is 27.9 Å². The van der Waals surface area contributed by atoms with Crippen molar-refractivity contribution in [2.45, 2.75) is 19.9 Å². The van der Waals surface area contributed by atoms with E-state index in [1.54, 1.807) is 0 Å². The van der Waals surface area contributed by atoms with Crippen molar-refractivity contribution in [1.82, 2.24) is 10.2 Å². The number of esters is 1. The second-order valence-electron chi connectivity index (χ2n) is 4.00. The minimum atomic E-state index is -0.194. The summed E-state index contributed by atoms with van der Waals surface area (Å²) < 4.78 is 4.72. The lowest BCUT2D eigenvalue weighted by Gasteiger charge is -2.20. The summed E-state index contributed by atoms with van der Waals surface area (Å²) in [5.41, 5.74) is 0. The van der Waals surface area contributed by atoms with Gasteiger partial charge in [0.15, 0.2) is 0 Å². The molecule has 4 nitrogen and oxygen atoms in total. The van der Waals surface area contributed by atoms with Crippen LogP contribution in [0.25, 0.3) is 0 Å². The third-order valence-corrected chi connectivity index (χ3v) is 2.05. The Morgan fingerprint density at radius 3 is 2.36 bits per heavy atom. The maximum absolute atomic E-state index is 11.3. The quantitative estimate of drug-likeness (QED) is 0.630. The lowest BCUT2D eigenvalue weighted by Crippen LogP contribution is -2.44. The molecule has 0 aromatic rings. The van der Waals surface area contributed by atoms with Gasteiger partial charge < -0.3 is 15.0 Å². The maximum Gasteiger partial charge on any atom is 0.323 e. The third-order valence-electron chi connectivity index (χ3n) is 2.05. The first-order chi connectivity index (χ1) is 6.49. The van der Waals surface area contributed by atoms with Crippen LogP contribution in [0.15, 0.2) is 0 Å². The van der Waals surface area contributed by atoms with Crippen LogP contribution < -0.4 is 5.32 Å². The van der Waals surface area contributed by atoms with Gasteiger partial charge in [0, 0.05) is 13.1 Å². The smallest absolute Gasteiger partial charge is 0.323 e. The first-order valence-electron chi connectivity index (χ1n) is 4.95. The molecule has 0 saturated heterocycles. The first kappa shape index (κ1) is 13.4. The predicted molar refractivity (Wildman–Crippen MR) is 57.2 cm³/mol. The maximum atomic E-state index is 11.3. The number of carbonyl (C=O) groups is 1. The van der Waals surface area contributed by atoms with Gasteiger partial charge in [-0.25, -0.2) is 0 Å². The molecule has 0 aliphatic rings. The van der Waals surface area contributed by atoms with Crippen LogP contribution in [-0.2, 0) is 9.53 Å². The second kappa shape index (κ2) is 6.79. The van der Waals surface area contributed by atoms with Crippen LogP contribution in [0.1, 0.15) is 13.8 Å². The van der Waals surface area contributed by atoms with E-state index >= 15 is 0 Å². The highest BCUT2D eigenvalue weighted by Crippen LogP contribution is 2.02. The fourth-order valence-corrected chi connectivity index (χ4v) is 1.16. The Bertz CT molecular complexity index is 170. The highest BCUT2D eigenvalue weighted by atomic mass is 16.5. The molecule has 0 rings (SSSR count). The number of hydrogen-bond acceptors (Lipinski definition) is 4. The number of hydrogen-bond donors (Lipinski definition) is 1. The summed E-state index contributed by atoms with van der Waals surface area (Å²) in [6, 6.07) is -0.194. The summed E-state index contributed by atoms with van der Waals surface area (Å²) in [7, 11) is 5.43. The highest BCUT2D eigenvalue weighted by Gasteiger charge is 2.21. The van der Waals surface area contributed by atoms with Gasteiger partial charge in [0.2, 0.25) is 0 Å². The fourth-order valence-electron chi connectivity index (χ4n) is 1.16. The average Bonchev–Trinajstić information content (AvgIpc) is 2.10. The van der Waals surface area contributed by atoms with Gasteiger partial charge in [-0.3, -0.25) is 4.79 Å². The van der Waals surface area contributed by atoms with Gasteiger partial charge in [-0.05, 0) is 20.0 Å². The zero-order valence-electron chi connectivity index (χ0n) is 9.83. The third kappa shape index (κ3) is 5.19. The number of carbonyl (C=O) groups excluding carboxylic acids is 1. The van der Waals surface area contributed by atoms with E-state index in [0.717, 1.165) is 13.1 Å². The largest absolute Gasteiger partial charge is 0.468 e. The molecular weight excluding hydrogens is 180 g/mol. The highest BCUT2D eigenvalue weighted by molar-refractivity contribution is 5.75. The van der Waals surface area contributed by atoms with Gasteiger partial charge >= 0.3 is 5.97 Å². The lowest BCUT2D eigenvalue weighted by atomic mass is 10.1. The van der Waals surface area contributed by atoms with Gasteiger partial charge in [-0.15, -0.1) is 0 Å². The Hall–Kier alpha value is -0.610. The molecule has 0 radical (unpaired) electrons. The molecule has 1 unspecified atom stereocenters. The minimum Gasteiger partial charge on any atom is -0.468 e. The molecule has 0 aromatic heterocycles. The Kier molecular flexibility index (Phi) is 6.49. The van der Waals surface area contributed by atoms with Crippen molar-refractivity contribution in [3.05, 3.63) is 0 Å². The summed E-state index contributed by atoms with van der Waals surface area (Å²) in [4.78, 5) is 13.4. The van der Waals surface area contributed by atoms with Crippen molar-refractivity contribution in [2.24, 2.45) is 5.92 Å². The van der Waals surface area contributed by atoms with Crippen LogP contribution in [0.3, 0.4) is 0 Å². The molecule has 0 fully saturated rings. The van der Waals surface area contributed by atoms with Crippen LogP contribution in [0, 0.1) is 5.92 Å². The van der Waals surface area contributed by atoms with E-state index in [1.165, 1.54) is 7.11 Å². The molecule has 1 atom stereocenters. The Labute approximate surface area is 86.6 Å². The van der Waals surface area contributed by atoms with Crippen LogP contribution in [0.4, 0.5) is 0 Å². The number of nitrogens with one attached hydrogen (secondary N) is 1. The number of rotatable bonds is 6. The van der Waals surface area contributed by atoms with Crippen LogP contribution in [-0.4, -0.2) is 51.2 Å². The van der Waals surface area contributed by atoms with Gasteiger partial charge in [-0.1, -0.05) is 13.8 Å². The van der Waals surface area contributed by atoms with Crippen molar-refractivity contribution in [1.29, 1.82) is 0 Å². The Morgan fingerprint density at radius 2 is 2.00 bits per heavy atom. The van der Waals surface area contributed by atoms with E-state index < -0.39 is 0 Å². The lowest BCUT2D eigenvalue weighted by molar-refractivity contribution is -0.144. The fraction of sp³-hybridized carbons (Fsp3) is 0.900. The summed E-state index contributed by atoms with van der Waals surface area (Å²) in [5.74, 6) is 0.0726. The monoisotopic (exact) mass is 202 g/mol. The normalized spacial score (nSPS) is 13.4. The molecule has 0 aromatic carbocycles. The van der Waals surface area contributed by atoms with E-state index in [4.69, 9.17) is 4.74 Å². The van der Waals surface area contributed by atoms with Gasteiger partial charge in [-0.2, -0.15) is 0 Å². The van der Waals surface area contributed by atoms with Crippen molar-refractivity contribution < 1.29 is 9.53 Å². The molecule has 0 bridgehead atoms. The van der Waals surface area contributed by atoms with Crippen molar-refractivity contribution in [3.8, 4) is 0 Å². The Balaban J connectivity index is 3.92. The standard InChI is InChI=1S/C10H22N2O2/c1-8(2)9(10(13)14-5)11-6-7-12(3)4/h8-9,11H,6-7H2,1-5H3.